The highest BCUT2D eigenvalue weighted by molar-refractivity contribution is 7.89. The zero-order valence-electron chi connectivity index (χ0n) is 14.0. The molecule has 1 aliphatic heterocycles. The maximum Gasteiger partial charge on any atom is 0.269 e. The molecule has 1 fully saturated rings. The molecule has 3 rings (SSSR count). The van der Waals surface area contributed by atoms with Crippen molar-refractivity contribution in [3.63, 3.8) is 0 Å². The molecule has 0 bridgehead atoms. The zero-order valence-corrected chi connectivity index (χ0v) is 14.8. The van der Waals surface area contributed by atoms with Gasteiger partial charge in [0.1, 0.15) is 12.4 Å². The van der Waals surface area contributed by atoms with Gasteiger partial charge in [-0.05, 0) is 18.2 Å². The van der Waals surface area contributed by atoms with Crippen molar-refractivity contribution in [2.45, 2.75) is 11.4 Å². The van der Waals surface area contributed by atoms with E-state index in [9.17, 15) is 22.9 Å². The van der Waals surface area contributed by atoms with Crippen molar-refractivity contribution in [3.8, 4) is 0 Å². The maximum absolute atomic E-state index is 13.8. The number of rotatable bonds is 5. The third-order valence-corrected chi connectivity index (χ3v) is 6.43. The fraction of sp³-hybridized carbons (Fsp3) is 0.294. The minimum Gasteiger partial charge on any atom is -0.329 e. The van der Waals surface area contributed by atoms with E-state index < -0.39 is 14.9 Å². The quantitative estimate of drug-likeness (QED) is 0.615. The van der Waals surface area contributed by atoms with Crippen LogP contribution in [0.25, 0.3) is 0 Å². The van der Waals surface area contributed by atoms with Gasteiger partial charge in [0, 0.05) is 17.7 Å². The summed E-state index contributed by atoms with van der Waals surface area (Å²) in [6.45, 7) is 2.30. The highest BCUT2D eigenvalue weighted by atomic mass is 32.2. The van der Waals surface area contributed by atoms with E-state index in [-0.39, 0.29) is 16.4 Å². The molecule has 1 heterocycles. The van der Waals surface area contributed by atoms with Crippen LogP contribution in [0.1, 0.15) is 5.56 Å². The van der Waals surface area contributed by atoms with E-state index in [2.05, 4.69) is 0 Å². The Balaban J connectivity index is 1.65. The van der Waals surface area contributed by atoms with Gasteiger partial charge in [0.15, 0.2) is 0 Å². The number of hydrogen-bond donors (Lipinski definition) is 1. The van der Waals surface area contributed by atoms with Crippen molar-refractivity contribution in [1.29, 1.82) is 0 Å². The van der Waals surface area contributed by atoms with Gasteiger partial charge in [0.25, 0.3) is 5.69 Å². The SMILES string of the molecule is O=[N+]([O-])c1ccc(S(=O)(=O)N2CC[NH+](Cc3ccccc3F)CC2)cc1. The Bertz CT molecular complexity index is 894. The second kappa shape index (κ2) is 7.48. The summed E-state index contributed by atoms with van der Waals surface area (Å²) in [5, 5.41) is 10.7. The van der Waals surface area contributed by atoms with Crippen LogP contribution in [0, 0.1) is 15.9 Å². The van der Waals surface area contributed by atoms with Crippen LogP contribution in [-0.4, -0.2) is 43.8 Å². The average Bonchev–Trinajstić information content (AvgIpc) is 2.64. The predicted molar refractivity (Wildman–Crippen MR) is 92.7 cm³/mol. The molecule has 7 nitrogen and oxygen atoms in total. The lowest BCUT2D eigenvalue weighted by atomic mass is 10.2. The monoisotopic (exact) mass is 380 g/mol. The first-order valence-electron chi connectivity index (χ1n) is 8.19. The van der Waals surface area contributed by atoms with Crippen LogP contribution in [0.15, 0.2) is 53.4 Å². The van der Waals surface area contributed by atoms with Crippen molar-refractivity contribution < 1.29 is 22.6 Å². The summed E-state index contributed by atoms with van der Waals surface area (Å²) in [4.78, 5) is 11.3. The molecule has 2 aromatic rings. The molecule has 0 amide bonds. The fourth-order valence-electron chi connectivity index (χ4n) is 3.02. The van der Waals surface area contributed by atoms with E-state index in [4.69, 9.17) is 0 Å². The number of nitro benzene ring substituents is 1. The molecule has 9 heteroatoms. The molecule has 0 aromatic heterocycles. The van der Waals surface area contributed by atoms with E-state index in [1.54, 1.807) is 18.2 Å². The van der Waals surface area contributed by atoms with Gasteiger partial charge < -0.3 is 4.90 Å². The molecule has 0 atom stereocenters. The smallest absolute Gasteiger partial charge is 0.269 e. The summed E-state index contributed by atoms with van der Waals surface area (Å²) in [5.41, 5.74) is 0.470. The minimum absolute atomic E-state index is 0.0423. The molecule has 1 saturated heterocycles. The fourth-order valence-corrected chi connectivity index (χ4v) is 4.46. The Morgan fingerprint density at radius 1 is 1.08 bits per heavy atom. The Hall–Kier alpha value is -2.36. The second-order valence-electron chi connectivity index (χ2n) is 6.17. The van der Waals surface area contributed by atoms with Gasteiger partial charge in [-0.1, -0.05) is 18.2 Å². The van der Waals surface area contributed by atoms with Crippen LogP contribution in [0.2, 0.25) is 0 Å². The molecule has 138 valence electrons. The summed E-state index contributed by atoms with van der Waals surface area (Å²) in [6.07, 6.45) is 0. The van der Waals surface area contributed by atoms with Crippen LogP contribution >= 0.6 is 0 Å². The highest BCUT2D eigenvalue weighted by Crippen LogP contribution is 2.19. The number of non-ortho nitro benzene ring substituents is 1. The third-order valence-electron chi connectivity index (χ3n) is 4.51. The van der Waals surface area contributed by atoms with Crippen LogP contribution in [0.3, 0.4) is 0 Å². The van der Waals surface area contributed by atoms with E-state index in [0.29, 0.717) is 38.3 Å². The molecular weight excluding hydrogens is 361 g/mol. The van der Waals surface area contributed by atoms with Crippen molar-refractivity contribution >= 4 is 15.7 Å². The Labute approximate surface area is 150 Å². The Morgan fingerprint density at radius 3 is 2.27 bits per heavy atom. The van der Waals surface area contributed by atoms with Gasteiger partial charge in [-0.15, -0.1) is 0 Å². The first kappa shape index (κ1) is 18.4. The standard InChI is InChI=1S/C17H18FN3O4S/c18-17-4-2-1-3-14(17)13-19-9-11-20(12-10-19)26(24,25)16-7-5-15(6-8-16)21(22)23/h1-8H,9-13H2/p+1. The summed E-state index contributed by atoms with van der Waals surface area (Å²) >= 11 is 0. The lowest BCUT2D eigenvalue weighted by molar-refractivity contribution is -0.917. The summed E-state index contributed by atoms with van der Waals surface area (Å²) in [7, 11) is -3.69. The number of piperazine rings is 1. The summed E-state index contributed by atoms with van der Waals surface area (Å²) in [6, 6.07) is 11.5. The number of benzene rings is 2. The van der Waals surface area contributed by atoms with Crippen LogP contribution < -0.4 is 4.90 Å². The van der Waals surface area contributed by atoms with E-state index >= 15 is 0 Å². The first-order valence-corrected chi connectivity index (χ1v) is 9.63. The van der Waals surface area contributed by atoms with Gasteiger partial charge in [0.05, 0.1) is 36.0 Å². The first-order chi connectivity index (χ1) is 12.4. The average molecular weight is 380 g/mol. The molecule has 0 unspecified atom stereocenters. The van der Waals surface area contributed by atoms with E-state index in [0.717, 1.165) is 4.90 Å². The molecule has 2 aromatic carbocycles. The predicted octanol–water partition coefficient (Wildman–Crippen LogP) is 0.823. The third kappa shape index (κ3) is 3.90. The van der Waals surface area contributed by atoms with Crippen LogP contribution in [0.5, 0.6) is 0 Å². The molecule has 0 spiro atoms. The lowest BCUT2D eigenvalue weighted by Crippen LogP contribution is -3.13. The molecule has 0 aliphatic carbocycles. The number of hydrogen-bond acceptors (Lipinski definition) is 4. The highest BCUT2D eigenvalue weighted by Gasteiger charge is 2.30. The summed E-state index contributed by atoms with van der Waals surface area (Å²) < 4.78 is 40.5. The van der Waals surface area contributed by atoms with E-state index in [1.165, 1.54) is 34.6 Å². The van der Waals surface area contributed by atoms with Crippen molar-refractivity contribution in [2.24, 2.45) is 0 Å². The number of nitrogens with zero attached hydrogens (tertiary/aromatic N) is 2. The van der Waals surface area contributed by atoms with Gasteiger partial charge >= 0.3 is 0 Å². The molecule has 0 radical (unpaired) electrons. The van der Waals surface area contributed by atoms with Gasteiger partial charge in [-0.25, -0.2) is 12.8 Å². The largest absolute Gasteiger partial charge is 0.329 e. The molecule has 1 N–H and O–H groups in total. The second-order valence-corrected chi connectivity index (χ2v) is 8.11. The van der Waals surface area contributed by atoms with Crippen molar-refractivity contribution in [2.75, 3.05) is 26.2 Å². The van der Waals surface area contributed by atoms with Crippen molar-refractivity contribution in [3.05, 3.63) is 70.0 Å². The van der Waals surface area contributed by atoms with E-state index in [1.807, 2.05) is 0 Å². The number of sulfonamides is 1. The van der Waals surface area contributed by atoms with Gasteiger partial charge in [0.2, 0.25) is 10.0 Å². The lowest BCUT2D eigenvalue weighted by Gasteiger charge is -2.31. The van der Waals surface area contributed by atoms with Gasteiger partial charge in [-0.2, -0.15) is 4.31 Å². The normalized spacial score (nSPS) is 16.5. The Kier molecular flexibility index (Phi) is 5.30. The topological polar surface area (TPSA) is 85.0 Å². The number of halogens is 1. The number of nitrogens with one attached hydrogen (secondary N) is 1. The molecule has 1 aliphatic rings. The van der Waals surface area contributed by atoms with Gasteiger partial charge in [-0.3, -0.25) is 10.1 Å². The zero-order chi connectivity index (χ0) is 18.7. The molecular formula is C17H19FN3O4S+. The summed E-state index contributed by atoms with van der Waals surface area (Å²) in [5.74, 6) is -0.249. The molecule has 26 heavy (non-hydrogen) atoms. The van der Waals surface area contributed by atoms with Crippen LogP contribution in [-0.2, 0) is 16.6 Å². The molecule has 0 saturated carbocycles. The van der Waals surface area contributed by atoms with Crippen LogP contribution in [0.4, 0.5) is 10.1 Å². The number of quaternary nitrogens is 1. The Morgan fingerprint density at radius 2 is 1.69 bits per heavy atom. The van der Waals surface area contributed by atoms with Crippen molar-refractivity contribution in [1.82, 2.24) is 4.31 Å². The number of nitro groups is 1. The maximum atomic E-state index is 13.8. The minimum atomic E-state index is -3.69.